The molecule has 7 heavy (non-hydrogen) atoms. The summed E-state index contributed by atoms with van der Waals surface area (Å²) in [6.07, 6.45) is 0.799. The lowest BCUT2D eigenvalue weighted by Crippen LogP contribution is -2.02. The van der Waals surface area contributed by atoms with E-state index in [0.717, 1.165) is 6.42 Å². The van der Waals surface area contributed by atoms with Gasteiger partial charge in [-0.25, -0.2) is 0 Å². The lowest BCUT2D eigenvalue weighted by molar-refractivity contribution is 0.243. The molecule has 0 heterocycles. The summed E-state index contributed by atoms with van der Waals surface area (Å²) in [6, 6.07) is 0. The first-order chi connectivity index (χ1) is 3.31. The van der Waals surface area contributed by atoms with E-state index in [-0.39, 0.29) is 0 Å². The van der Waals surface area contributed by atoms with Crippen molar-refractivity contribution < 1.29 is 4.74 Å². The quantitative estimate of drug-likeness (QED) is 0.530. The van der Waals surface area contributed by atoms with Crippen molar-refractivity contribution in [1.82, 2.24) is 0 Å². The zero-order valence-corrected chi connectivity index (χ0v) is 4.82. The molecule has 0 aromatic rings. The van der Waals surface area contributed by atoms with Crippen molar-refractivity contribution in [3.05, 3.63) is 0 Å². The van der Waals surface area contributed by atoms with E-state index in [0.29, 0.717) is 12.3 Å². The Balaban J connectivity index is 3.00. The lowest BCUT2D eigenvalue weighted by atomic mass is 10.3. The summed E-state index contributed by atoms with van der Waals surface area (Å²) in [7, 11) is 1.60. The maximum Gasteiger partial charge on any atom is 0.0837 e. The van der Waals surface area contributed by atoms with Crippen LogP contribution in [0.2, 0.25) is 0 Å². The molecule has 0 unspecified atom stereocenters. The normalized spacial score (nSPS) is 8.86. The number of hydrogen-bond donors (Lipinski definition) is 1. The van der Waals surface area contributed by atoms with Gasteiger partial charge >= 0.3 is 0 Å². The SMILES string of the molecule is CCC(=N)COC. The van der Waals surface area contributed by atoms with Crippen LogP contribution in [0.1, 0.15) is 13.3 Å². The Morgan fingerprint density at radius 1 is 1.71 bits per heavy atom. The standard InChI is InChI=1S/C5H11NO/c1-3-5(6)4-7-2/h6H,3-4H2,1-2H3. The molecule has 0 fully saturated rings. The molecular weight excluding hydrogens is 90.1 g/mol. The van der Waals surface area contributed by atoms with E-state index >= 15 is 0 Å². The highest BCUT2D eigenvalue weighted by Crippen LogP contribution is 1.79. The van der Waals surface area contributed by atoms with Crippen LogP contribution in [0.4, 0.5) is 0 Å². The summed E-state index contributed by atoms with van der Waals surface area (Å²) in [6.45, 7) is 2.43. The predicted octanol–water partition coefficient (Wildman–Crippen LogP) is 1.06. The Morgan fingerprint density at radius 3 is 2.43 bits per heavy atom. The maximum atomic E-state index is 7.01. The van der Waals surface area contributed by atoms with Crippen molar-refractivity contribution in [2.24, 2.45) is 0 Å². The van der Waals surface area contributed by atoms with E-state index < -0.39 is 0 Å². The van der Waals surface area contributed by atoms with Gasteiger partial charge in [0.15, 0.2) is 0 Å². The molecular formula is C5H11NO. The van der Waals surface area contributed by atoms with Crippen LogP contribution in [0.15, 0.2) is 0 Å². The Morgan fingerprint density at radius 2 is 2.29 bits per heavy atom. The first-order valence-electron chi connectivity index (χ1n) is 2.36. The van der Waals surface area contributed by atoms with Crippen molar-refractivity contribution in [2.75, 3.05) is 13.7 Å². The van der Waals surface area contributed by atoms with Gasteiger partial charge in [-0.15, -0.1) is 0 Å². The van der Waals surface area contributed by atoms with Gasteiger partial charge in [0, 0.05) is 12.8 Å². The fraction of sp³-hybridized carbons (Fsp3) is 0.800. The molecule has 1 N–H and O–H groups in total. The second kappa shape index (κ2) is 3.81. The number of ether oxygens (including phenoxy) is 1. The summed E-state index contributed by atoms with van der Waals surface area (Å²) in [4.78, 5) is 0. The molecule has 0 aliphatic heterocycles. The number of methoxy groups -OCH3 is 1. The van der Waals surface area contributed by atoms with Crippen LogP contribution in [-0.2, 0) is 4.74 Å². The van der Waals surface area contributed by atoms with E-state index in [9.17, 15) is 0 Å². The summed E-state index contributed by atoms with van der Waals surface area (Å²) in [5, 5.41) is 7.01. The molecule has 0 spiro atoms. The van der Waals surface area contributed by atoms with Gasteiger partial charge in [-0.05, 0) is 6.42 Å². The molecule has 2 nitrogen and oxygen atoms in total. The van der Waals surface area contributed by atoms with Crippen molar-refractivity contribution in [3.8, 4) is 0 Å². The molecule has 0 saturated heterocycles. The fourth-order valence-corrected chi connectivity index (χ4v) is 0.276. The van der Waals surface area contributed by atoms with Crippen LogP contribution >= 0.6 is 0 Å². The van der Waals surface area contributed by atoms with Crippen LogP contribution < -0.4 is 0 Å². The third-order valence-corrected chi connectivity index (χ3v) is 0.745. The smallest absolute Gasteiger partial charge is 0.0837 e. The molecule has 0 atom stereocenters. The molecule has 42 valence electrons. The van der Waals surface area contributed by atoms with Gasteiger partial charge in [0.1, 0.15) is 0 Å². The summed E-state index contributed by atoms with van der Waals surface area (Å²) in [5.74, 6) is 0. The monoisotopic (exact) mass is 101 g/mol. The Labute approximate surface area is 44.0 Å². The van der Waals surface area contributed by atoms with Gasteiger partial charge in [-0.1, -0.05) is 6.92 Å². The summed E-state index contributed by atoms with van der Waals surface area (Å²) < 4.78 is 4.67. The van der Waals surface area contributed by atoms with E-state index in [4.69, 9.17) is 5.41 Å². The van der Waals surface area contributed by atoms with E-state index in [1.807, 2.05) is 6.92 Å². The van der Waals surface area contributed by atoms with Gasteiger partial charge in [0.2, 0.25) is 0 Å². The van der Waals surface area contributed by atoms with Gasteiger partial charge in [-0.2, -0.15) is 0 Å². The third kappa shape index (κ3) is 3.46. The summed E-state index contributed by atoms with van der Waals surface area (Å²) in [5.41, 5.74) is 0.655. The third-order valence-electron chi connectivity index (χ3n) is 0.745. The molecule has 0 saturated carbocycles. The lowest BCUT2D eigenvalue weighted by Gasteiger charge is -1.93. The molecule has 0 rings (SSSR count). The zero-order valence-electron chi connectivity index (χ0n) is 4.82. The number of hydrogen-bond acceptors (Lipinski definition) is 2. The average Bonchev–Trinajstić information content (AvgIpc) is 1.68. The second-order valence-electron chi connectivity index (χ2n) is 1.39. The number of rotatable bonds is 3. The van der Waals surface area contributed by atoms with Gasteiger partial charge in [0.05, 0.1) is 6.61 Å². The highest BCUT2D eigenvalue weighted by atomic mass is 16.5. The van der Waals surface area contributed by atoms with Crippen molar-refractivity contribution >= 4 is 5.71 Å². The van der Waals surface area contributed by atoms with Gasteiger partial charge in [-0.3, -0.25) is 0 Å². The van der Waals surface area contributed by atoms with Gasteiger partial charge < -0.3 is 10.1 Å². The van der Waals surface area contributed by atoms with Crippen LogP contribution in [0, 0.1) is 5.41 Å². The first-order valence-corrected chi connectivity index (χ1v) is 2.36. The van der Waals surface area contributed by atoms with Crippen LogP contribution in [0.3, 0.4) is 0 Å². The van der Waals surface area contributed by atoms with Crippen LogP contribution in [0.25, 0.3) is 0 Å². The average molecular weight is 101 g/mol. The minimum Gasteiger partial charge on any atom is -0.379 e. The largest absolute Gasteiger partial charge is 0.379 e. The number of nitrogens with one attached hydrogen (secondary N) is 1. The zero-order chi connectivity index (χ0) is 5.70. The Bertz CT molecular complexity index is 61.1. The molecule has 0 aliphatic rings. The predicted molar refractivity (Wildman–Crippen MR) is 29.9 cm³/mol. The fourth-order valence-electron chi connectivity index (χ4n) is 0.276. The first kappa shape index (κ1) is 6.63. The minimum atomic E-state index is 0.483. The Kier molecular flexibility index (Phi) is 3.61. The summed E-state index contributed by atoms with van der Waals surface area (Å²) >= 11 is 0. The van der Waals surface area contributed by atoms with E-state index in [1.165, 1.54) is 0 Å². The molecule has 2 heteroatoms. The molecule has 0 aliphatic carbocycles. The minimum absolute atomic E-state index is 0.483. The molecule has 0 radical (unpaired) electrons. The van der Waals surface area contributed by atoms with E-state index in [1.54, 1.807) is 7.11 Å². The molecule has 0 amide bonds. The van der Waals surface area contributed by atoms with E-state index in [2.05, 4.69) is 4.74 Å². The highest BCUT2D eigenvalue weighted by molar-refractivity contribution is 5.82. The van der Waals surface area contributed by atoms with Crippen LogP contribution in [0.5, 0.6) is 0 Å². The molecule has 0 aromatic carbocycles. The second-order valence-corrected chi connectivity index (χ2v) is 1.39. The van der Waals surface area contributed by atoms with Gasteiger partial charge in [0.25, 0.3) is 0 Å². The topological polar surface area (TPSA) is 33.1 Å². The molecule has 0 bridgehead atoms. The van der Waals surface area contributed by atoms with Crippen LogP contribution in [-0.4, -0.2) is 19.4 Å². The molecule has 0 aromatic heterocycles. The van der Waals surface area contributed by atoms with Crippen molar-refractivity contribution in [3.63, 3.8) is 0 Å². The maximum absolute atomic E-state index is 7.01. The highest BCUT2D eigenvalue weighted by Gasteiger charge is 1.86. The van der Waals surface area contributed by atoms with Crippen molar-refractivity contribution in [1.29, 1.82) is 5.41 Å². The van der Waals surface area contributed by atoms with Crippen molar-refractivity contribution in [2.45, 2.75) is 13.3 Å². The Hall–Kier alpha value is -0.370.